The summed E-state index contributed by atoms with van der Waals surface area (Å²) in [6.07, 6.45) is 12.1. The summed E-state index contributed by atoms with van der Waals surface area (Å²) in [5, 5.41) is 4.11. The van der Waals surface area contributed by atoms with Crippen LogP contribution in [0.3, 0.4) is 0 Å². The highest BCUT2D eigenvalue weighted by atomic mass is 15.0. The molecule has 4 aliphatic carbocycles. The van der Waals surface area contributed by atoms with Gasteiger partial charge >= 0.3 is 0 Å². The van der Waals surface area contributed by atoms with Gasteiger partial charge in [0, 0.05) is 12.1 Å². The predicted molar refractivity (Wildman–Crippen MR) is 79.9 cm³/mol. The van der Waals surface area contributed by atoms with Gasteiger partial charge in [-0.3, -0.25) is 0 Å². The Labute approximate surface area is 118 Å². The zero-order valence-electron chi connectivity index (χ0n) is 12.8. The summed E-state index contributed by atoms with van der Waals surface area (Å²) in [6, 6.07) is 1.74. The van der Waals surface area contributed by atoms with E-state index in [0.29, 0.717) is 0 Å². The third-order valence-corrected chi connectivity index (χ3v) is 7.48. The van der Waals surface area contributed by atoms with E-state index in [9.17, 15) is 0 Å². The molecule has 1 heteroatoms. The Kier molecular flexibility index (Phi) is 3.17. The predicted octanol–water partition coefficient (Wildman–Crippen LogP) is 4.23. The summed E-state index contributed by atoms with van der Waals surface area (Å²) in [4.78, 5) is 0. The molecule has 4 saturated carbocycles. The first-order valence-corrected chi connectivity index (χ1v) is 8.98. The molecule has 0 aromatic rings. The average molecular weight is 261 g/mol. The average Bonchev–Trinajstić information content (AvgIpc) is 3.05. The first-order chi connectivity index (χ1) is 9.22. The SMILES string of the molecule is CC1CCC(NC2CC3CC2C2CCCC32)CC1C. The van der Waals surface area contributed by atoms with Crippen molar-refractivity contribution in [3.63, 3.8) is 0 Å². The van der Waals surface area contributed by atoms with Crippen LogP contribution in [-0.2, 0) is 0 Å². The quantitative estimate of drug-likeness (QED) is 0.784. The van der Waals surface area contributed by atoms with Gasteiger partial charge in [0.15, 0.2) is 0 Å². The Morgan fingerprint density at radius 1 is 0.737 bits per heavy atom. The molecule has 0 aromatic heterocycles. The zero-order valence-corrected chi connectivity index (χ0v) is 12.8. The molecule has 0 amide bonds. The van der Waals surface area contributed by atoms with Gasteiger partial charge in [0.25, 0.3) is 0 Å². The van der Waals surface area contributed by atoms with E-state index in [4.69, 9.17) is 0 Å². The van der Waals surface area contributed by atoms with E-state index in [1.807, 2.05) is 0 Å². The molecule has 0 saturated heterocycles. The Balaban J connectivity index is 1.37. The van der Waals surface area contributed by atoms with Crippen LogP contribution in [0.1, 0.15) is 65.2 Å². The lowest BCUT2D eigenvalue weighted by Crippen LogP contribution is -2.46. The molecule has 1 N–H and O–H groups in total. The second kappa shape index (κ2) is 4.76. The lowest BCUT2D eigenvalue weighted by atomic mass is 9.76. The summed E-state index contributed by atoms with van der Waals surface area (Å²) in [6.45, 7) is 4.91. The molecule has 4 rings (SSSR count). The Hall–Kier alpha value is -0.0400. The molecular weight excluding hydrogens is 230 g/mol. The zero-order chi connectivity index (χ0) is 13.0. The molecule has 0 aliphatic heterocycles. The van der Waals surface area contributed by atoms with Crippen molar-refractivity contribution in [2.45, 2.75) is 77.3 Å². The van der Waals surface area contributed by atoms with Crippen LogP contribution in [0.5, 0.6) is 0 Å². The summed E-state index contributed by atoms with van der Waals surface area (Å²) < 4.78 is 0. The van der Waals surface area contributed by atoms with Crippen molar-refractivity contribution in [1.29, 1.82) is 0 Å². The fraction of sp³-hybridized carbons (Fsp3) is 1.00. The first kappa shape index (κ1) is 12.7. The summed E-state index contributed by atoms with van der Waals surface area (Å²) in [5.74, 6) is 6.33. The summed E-state index contributed by atoms with van der Waals surface area (Å²) in [7, 11) is 0. The van der Waals surface area contributed by atoms with Crippen molar-refractivity contribution in [3.05, 3.63) is 0 Å². The van der Waals surface area contributed by atoms with Crippen LogP contribution < -0.4 is 5.32 Å². The van der Waals surface area contributed by atoms with Crippen LogP contribution in [-0.4, -0.2) is 12.1 Å². The lowest BCUT2D eigenvalue weighted by molar-refractivity contribution is 0.162. The van der Waals surface area contributed by atoms with Crippen molar-refractivity contribution in [1.82, 2.24) is 5.32 Å². The Morgan fingerprint density at radius 3 is 2.42 bits per heavy atom. The van der Waals surface area contributed by atoms with Crippen LogP contribution in [0.25, 0.3) is 0 Å². The maximum absolute atomic E-state index is 4.11. The van der Waals surface area contributed by atoms with Crippen LogP contribution in [0.15, 0.2) is 0 Å². The van der Waals surface area contributed by atoms with E-state index >= 15 is 0 Å². The lowest BCUT2D eigenvalue weighted by Gasteiger charge is -2.38. The molecule has 0 aromatic carbocycles. The highest BCUT2D eigenvalue weighted by Gasteiger charge is 2.53. The third-order valence-electron chi connectivity index (χ3n) is 7.48. The molecule has 8 atom stereocenters. The fourth-order valence-electron chi connectivity index (χ4n) is 6.26. The van der Waals surface area contributed by atoms with Crippen molar-refractivity contribution >= 4 is 0 Å². The maximum atomic E-state index is 4.11. The Bertz CT molecular complexity index is 339. The maximum Gasteiger partial charge on any atom is 0.0103 e. The van der Waals surface area contributed by atoms with Crippen LogP contribution in [0.4, 0.5) is 0 Å². The van der Waals surface area contributed by atoms with Gasteiger partial charge in [0.2, 0.25) is 0 Å². The highest BCUT2D eigenvalue weighted by Crippen LogP contribution is 2.58. The standard InChI is InChI=1S/C18H31N/c1-11-6-7-14(8-12(11)2)19-18-10-13-9-17(18)16-5-3-4-15(13)16/h11-19H,3-10H2,1-2H3. The topological polar surface area (TPSA) is 12.0 Å². The molecule has 1 nitrogen and oxygen atoms in total. The summed E-state index contributed by atoms with van der Waals surface area (Å²) >= 11 is 0. The second-order valence-corrected chi connectivity index (χ2v) is 8.39. The van der Waals surface area contributed by atoms with Crippen LogP contribution in [0, 0.1) is 35.5 Å². The highest BCUT2D eigenvalue weighted by molar-refractivity contribution is 5.06. The van der Waals surface area contributed by atoms with E-state index in [1.54, 1.807) is 19.3 Å². The molecular formula is C18H31N. The van der Waals surface area contributed by atoms with E-state index < -0.39 is 0 Å². The number of hydrogen-bond donors (Lipinski definition) is 1. The van der Waals surface area contributed by atoms with Gasteiger partial charge in [0.05, 0.1) is 0 Å². The number of rotatable bonds is 2. The largest absolute Gasteiger partial charge is 0.311 e. The van der Waals surface area contributed by atoms with E-state index in [-0.39, 0.29) is 0 Å². The minimum atomic E-state index is 0.843. The molecule has 0 radical (unpaired) electrons. The molecule has 0 heterocycles. The first-order valence-electron chi connectivity index (χ1n) is 8.98. The molecule has 4 fully saturated rings. The van der Waals surface area contributed by atoms with Crippen molar-refractivity contribution in [2.24, 2.45) is 35.5 Å². The smallest absolute Gasteiger partial charge is 0.0103 e. The normalized spacial score (nSPS) is 56.5. The number of nitrogens with one attached hydrogen (secondary N) is 1. The van der Waals surface area contributed by atoms with Gasteiger partial charge in [-0.25, -0.2) is 0 Å². The number of hydrogen-bond acceptors (Lipinski definition) is 1. The van der Waals surface area contributed by atoms with Gasteiger partial charge < -0.3 is 5.32 Å². The van der Waals surface area contributed by atoms with Crippen LogP contribution in [0.2, 0.25) is 0 Å². The Morgan fingerprint density at radius 2 is 1.58 bits per heavy atom. The molecule has 19 heavy (non-hydrogen) atoms. The van der Waals surface area contributed by atoms with Crippen LogP contribution >= 0.6 is 0 Å². The van der Waals surface area contributed by atoms with E-state index in [1.165, 1.54) is 32.1 Å². The molecule has 4 aliphatic rings. The van der Waals surface area contributed by atoms with E-state index in [2.05, 4.69) is 19.2 Å². The van der Waals surface area contributed by atoms with Gasteiger partial charge in [-0.2, -0.15) is 0 Å². The number of fused-ring (bicyclic) bond motifs is 5. The monoisotopic (exact) mass is 261 g/mol. The second-order valence-electron chi connectivity index (χ2n) is 8.39. The molecule has 2 bridgehead atoms. The minimum absolute atomic E-state index is 0.843. The van der Waals surface area contributed by atoms with Gasteiger partial charge in [-0.1, -0.05) is 20.3 Å². The van der Waals surface area contributed by atoms with Gasteiger partial charge in [-0.15, -0.1) is 0 Å². The molecule has 8 unspecified atom stereocenters. The third kappa shape index (κ3) is 2.07. The minimum Gasteiger partial charge on any atom is -0.311 e. The van der Waals surface area contributed by atoms with Crippen molar-refractivity contribution in [2.75, 3.05) is 0 Å². The summed E-state index contributed by atoms with van der Waals surface area (Å²) in [5.41, 5.74) is 0. The van der Waals surface area contributed by atoms with Crippen molar-refractivity contribution in [3.8, 4) is 0 Å². The van der Waals surface area contributed by atoms with Gasteiger partial charge in [0.1, 0.15) is 0 Å². The molecule has 108 valence electrons. The van der Waals surface area contributed by atoms with Gasteiger partial charge in [-0.05, 0) is 80.5 Å². The fourth-order valence-corrected chi connectivity index (χ4v) is 6.26. The molecule has 0 spiro atoms. The van der Waals surface area contributed by atoms with Crippen molar-refractivity contribution < 1.29 is 0 Å². The van der Waals surface area contributed by atoms with E-state index in [0.717, 1.165) is 47.6 Å².